The number of hydrogen-bond acceptors (Lipinski definition) is 5. The average Bonchev–Trinajstić information content (AvgIpc) is 3.34. The Hall–Kier alpha value is -3.06. The van der Waals surface area contributed by atoms with E-state index in [2.05, 4.69) is 64.2 Å². The summed E-state index contributed by atoms with van der Waals surface area (Å²) in [4.78, 5) is 11.8. The number of nitrogens with one attached hydrogen (secondary N) is 1. The van der Waals surface area contributed by atoms with Crippen LogP contribution in [0, 0.1) is 5.92 Å². The Morgan fingerprint density at radius 3 is 2.44 bits per heavy atom. The summed E-state index contributed by atoms with van der Waals surface area (Å²) in [6.45, 7) is 2.89. The van der Waals surface area contributed by atoms with Crippen LogP contribution in [-0.2, 0) is 11.3 Å². The largest absolute Gasteiger partial charge is 0.481 e. The fourth-order valence-electron chi connectivity index (χ4n) is 5.00. The van der Waals surface area contributed by atoms with E-state index in [0.717, 1.165) is 67.6 Å². The molecule has 0 spiro atoms. The first kappa shape index (κ1) is 24.1. The number of benzene rings is 2. The molecule has 1 heterocycles. The Kier molecular flexibility index (Phi) is 8.41. The van der Waals surface area contributed by atoms with Gasteiger partial charge in [0, 0.05) is 12.6 Å². The lowest BCUT2D eigenvalue weighted by Crippen LogP contribution is -2.42. The number of carboxylic acid groups (broad SMARTS) is 1. The van der Waals surface area contributed by atoms with Gasteiger partial charge in [0.2, 0.25) is 0 Å². The smallest absolute Gasteiger partial charge is 0.304 e. The third kappa shape index (κ3) is 6.08. The summed E-state index contributed by atoms with van der Waals surface area (Å²) in [5.74, 6) is 0.315. The molecule has 7 heteroatoms. The normalized spacial score (nSPS) is 16.3. The van der Waals surface area contributed by atoms with Gasteiger partial charge in [-0.25, -0.2) is 4.68 Å². The zero-order valence-corrected chi connectivity index (χ0v) is 19.9. The molecule has 2 N–H and O–H groups in total. The summed E-state index contributed by atoms with van der Waals surface area (Å²) in [7, 11) is 0. The van der Waals surface area contributed by atoms with Gasteiger partial charge < -0.3 is 5.11 Å². The first-order valence-electron chi connectivity index (χ1n) is 12.5. The van der Waals surface area contributed by atoms with Crippen LogP contribution in [0.1, 0.15) is 75.7 Å². The van der Waals surface area contributed by atoms with Crippen LogP contribution in [0.2, 0.25) is 0 Å². The molecule has 1 fully saturated rings. The maximum absolute atomic E-state index is 11.8. The molecule has 7 nitrogen and oxygen atoms in total. The molecular formula is C27H35N5O2. The molecule has 180 valence electrons. The number of carboxylic acids is 1. The Labute approximate surface area is 201 Å². The van der Waals surface area contributed by atoms with E-state index in [0.29, 0.717) is 5.92 Å². The molecule has 1 aliphatic rings. The van der Waals surface area contributed by atoms with Crippen molar-refractivity contribution in [1.82, 2.24) is 25.5 Å². The number of aryl methyl sites for hydroxylation is 1. The van der Waals surface area contributed by atoms with Crippen LogP contribution < -0.4 is 5.32 Å². The predicted molar refractivity (Wildman–Crippen MR) is 132 cm³/mol. The molecule has 2 atom stereocenters. The molecule has 0 saturated heterocycles. The quantitative estimate of drug-likeness (QED) is 0.405. The Morgan fingerprint density at radius 1 is 1.06 bits per heavy atom. The van der Waals surface area contributed by atoms with Crippen LogP contribution in [0.3, 0.4) is 0 Å². The molecule has 0 bridgehead atoms. The minimum atomic E-state index is -0.771. The van der Waals surface area contributed by atoms with Gasteiger partial charge in [-0.2, -0.15) is 0 Å². The second-order valence-corrected chi connectivity index (χ2v) is 9.30. The molecule has 0 radical (unpaired) electrons. The maximum Gasteiger partial charge on any atom is 0.304 e. The molecule has 1 aliphatic carbocycles. The summed E-state index contributed by atoms with van der Waals surface area (Å²) < 4.78 is 1.87. The van der Waals surface area contributed by atoms with Gasteiger partial charge in [0.25, 0.3) is 0 Å². The third-order valence-electron chi connectivity index (χ3n) is 6.89. The van der Waals surface area contributed by atoms with Gasteiger partial charge in [-0.3, -0.25) is 10.1 Å². The van der Waals surface area contributed by atoms with E-state index in [9.17, 15) is 9.90 Å². The van der Waals surface area contributed by atoms with E-state index < -0.39 is 5.97 Å². The van der Waals surface area contributed by atoms with Gasteiger partial charge in [-0.05, 0) is 52.3 Å². The van der Waals surface area contributed by atoms with Gasteiger partial charge in [0.05, 0.1) is 12.5 Å². The van der Waals surface area contributed by atoms with Crippen molar-refractivity contribution in [3.63, 3.8) is 0 Å². The van der Waals surface area contributed by atoms with E-state index in [1.165, 1.54) is 6.42 Å². The van der Waals surface area contributed by atoms with Gasteiger partial charge in [0.15, 0.2) is 5.82 Å². The van der Waals surface area contributed by atoms with Gasteiger partial charge in [-0.1, -0.05) is 87.2 Å². The third-order valence-corrected chi connectivity index (χ3v) is 6.89. The summed E-state index contributed by atoms with van der Waals surface area (Å²) in [5.41, 5.74) is 3.35. The molecule has 0 aliphatic heterocycles. The molecule has 34 heavy (non-hydrogen) atoms. The number of aliphatic carboxylic acids is 1. The Bertz CT molecular complexity index is 1030. The van der Waals surface area contributed by atoms with Crippen molar-refractivity contribution in [3.05, 3.63) is 66.0 Å². The van der Waals surface area contributed by atoms with Crippen molar-refractivity contribution in [1.29, 1.82) is 0 Å². The van der Waals surface area contributed by atoms with Crippen molar-refractivity contribution in [2.45, 2.75) is 76.9 Å². The molecule has 2 unspecified atom stereocenters. The van der Waals surface area contributed by atoms with E-state index in [1.807, 2.05) is 22.9 Å². The van der Waals surface area contributed by atoms with Crippen LogP contribution in [0.15, 0.2) is 54.6 Å². The standard InChI is InChI=1S/C27H35N5O2/c1-2-3-18-32-27(29-30-31-32)26(28-24(19-25(33)34)22-12-8-5-9-13-22)23-16-14-21(15-17-23)20-10-6-4-7-11-20/h4,6-7,10-11,14-17,22,24,26,28H,2-3,5,8-9,12-13,18-19H2,1H3,(H,33,34). The Morgan fingerprint density at radius 2 is 1.76 bits per heavy atom. The molecule has 4 rings (SSSR count). The van der Waals surface area contributed by atoms with Gasteiger partial charge in [0.1, 0.15) is 0 Å². The lowest BCUT2D eigenvalue weighted by Gasteiger charge is -2.33. The number of rotatable bonds is 11. The van der Waals surface area contributed by atoms with Crippen molar-refractivity contribution in [3.8, 4) is 11.1 Å². The average molecular weight is 462 g/mol. The minimum absolute atomic E-state index is 0.0970. The molecule has 1 aromatic heterocycles. The highest BCUT2D eigenvalue weighted by atomic mass is 16.4. The zero-order chi connectivity index (χ0) is 23.8. The molecule has 0 amide bonds. The van der Waals surface area contributed by atoms with Crippen LogP contribution in [0.5, 0.6) is 0 Å². The number of aromatic nitrogens is 4. The van der Waals surface area contributed by atoms with Crippen molar-refractivity contribution >= 4 is 5.97 Å². The summed E-state index contributed by atoms with van der Waals surface area (Å²) in [5, 5.41) is 26.0. The highest BCUT2D eigenvalue weighted by Gasteiger charge is 2.31. The number of nitrogens with zero attached hydrogens (tertiary/aromatic N) is 4. The summed E-state index contributed by atoms with van der Waals surface area (Å²) in [6, 6.07) is 18.3. The number of carbonyl (C=O) groups is 1. The Balaban J connectivity index is 1.66. The van der Waals surface area contributed by atoms with Gasteiger partial charge >= 0.3 is 5.97 Å². The first-order valence-corrected chi connectivity index (χ1v) is 12.5. The van der Waals surface area contributed by atoms with Crippen molar-refractivity contribution in [2.75, 3.05) is 0 Å². The lowest BCUT2D eigenvalue weighted by atomic mass is 9.82. The van der Waals surface area contributed by atoms with E-state index in [-0.39, 0.29) is 18.5 Å². The lowest BCUT2D eigenvalue weighted by molar-refractivity contribution is -0.138. The summed E-state index contributed by atoms with van der Waals surface area (Å²) in [6.07, 6.45) is 7.80. The van der Waals surface area contributed by atoms with Crippen LogP contribution in [-0.4, -0.2) is 37.3 Å². The minimum Gasteiger partial charge on any atom is -0.481 e. The zero-order valence-electron chi connectivity index (χ0n) is 19.9. The molecule has 1 saturated carbocycles. The topological polar surface area (TPSA) is 92.9 Å². The second kappa shape index (κ2) is 11.9. The highest BCUT2D eigenvalue weighted by molar-refractivity contribution is 5.67. The fourth-order valence-corrected chi connectivity index (χ4v) is 5.00. The van der Waals surface area contributed by atoms with E-state index in [1.54, 1.807) is 0 Å². The van der Waals surface area contributed by atoms with Crippen molar-refractivity contribution in [2.24, 2.45) is 5.92 Å². The van der Waals surface area contributed by atoms with E-state index in [4.69, 9.17) is 0 Å². The molecule has 3 aromatic rings. The summed E-state index contributed by atoms with van der Waals surface area (Å²) >= 11 is 0. The number of tetrazole rings is 1. The van der Waals surface area contributed by atoms with Gasteiger partial charge in [-0.15, -0.1) is 5.10 Å². The monoisotopic (exact) mass is 461 g/mol. The molecule has 2 aromatic carbocycles. The fraction of sp³-hybridized carbons (Fsp3) is 0.481. The van der Waals surface area contributed by atoms with Crippen molar-refractivity contribution < 1.29 is 9.90 Å². The number of hydrogen-bond donors (Lipinski definition) is 2. The maximum atomic E-state index is 11.8. The first-order chi connectivity index (χ1) is 16.7. The van der Waals surface area contributed by atoms with E-state index >= 15 is 0 Å². The second-order valence-electron chi connectivity index (χ2n) is 9.30. The van der Waals surface area contributed by atoms with Crippen LogP contribution >= 0.6 is 0 Å². The SMILES string of the molecule is CCCCn1nnnc1C(NC(CC(=O)O)C1CCCCC1)c1ccc(-c2ccccc2)cc1. The van der Waals surface area contributed by atoms with Crippen LogP contribution in [0.4, 0.5) is 0 Å². The molecular weight excluding hydrogens is 426 g/mol. The highest BCUT2D eigenvalue weighted by Crippen LogP contribution is 2.31. The van der Waals surface area contributed by atoms with Crippen LogP contribution in [0.25, 0.3) is 11.1 Å². The number of unbranched alkanes of at least 4 members (excludes halogenated alkanes) is 1. The predicted octanol–water partition coefficient (Wildman–Crippen LogP) is 5.24.